The molecule has 0 unspecified atom stereocenters. The van der Waals surface area contributed by atoms with Crippen LogP contribution in [0, 0.1) is 0 Å². The van der Waals surface area contributed by atoms with Gasteiger partial charge in [-0.3, -0.25) is 9.59 Å². The molecule has 1 heterocycles. The smallest absolute Gasteiger partial charge is 0.355 e. The molecular formula is C25H21ClN2O5. The van der Waals surface area contributed by atoms with Gasteiger partial charge in [0.15, 0.2) is 16.6 Å². The normalized spacial score (nSPS) is 11.2. The Kier molecular flexibility index (Phi) is 6.16. The highest BCUT2D eigenvalue weighted by Crippen LogP contribution is 2.35. The number of hydrogen-bond acceptors (Lipinski definition) is 5. The third-order valence-electron chi connectivity index (χ3n) is 5.62. The number of unbranched alkanes of at least 4 members (excludes halogenated alkanes) is 1. The number of halogens is 1. The van der Waals surface area contributed by atoms with E-state index in [4.69, 9.17) is 11.6 Å². The van der Waals surface area contributed by atoms with Crippen molar-refractivity contribution in [3.05, 3.63) is 91.2 Å². The number of nitrogens with zero attached hydrogens (tertiary/aromatic N) is 2. The molecule has 0 saturated heterocycles. The average molecular weight is 465 g/mol. The molecule has 0 fully saturated rings. The number of aromatic nitrogens is 2. The fourth-order valence-electron chi connectivity index (χ4n) is 3.94. The van der Waals surface area contributed by atoms with Crippen LogP contribution in [0.4, 0.5) is 0 Å². The first kappa shape index (κ1) is 22.5. The summed E-state index contributed by atoms with van der Waals surface area (Å²) in [5.74, 6) is -1.18. The summed E-state index contributed by atoms with van der Waals surface area (Å²) >= 11 is 6.13. The third-order valence-corrected chi connectivity index (χ3v) is 5.89. The van der Waals surface area contributed by atoms with E-state index in [9.17, 15) is 24.6 Å². The van der Waals surface area contributed by atoms with Gasteiger partial charge in [-0.2, -0.15) is 0 Å². The third kappa shape index (κ3) is 4.07. The molecule has 0 spiro atoms. The van der Waals surface area contributed by atoms with Crippen molar-refractivity contribution in [1.29, 1.82) is 0 Å². The second-order valence-corrected chi connectivity index (χ2v) is 8.15. The Hall–Kier alpha value is -3.71. The van der Waals surface area contributed by atoms with Crippen LogP contribution in [0.1, 0.15) is 41.6 Å². The van der Waals surface area contributed by atoms with Gasteiger partial charge in [-0.05, 0) is 34.7 Å². The van der Waals surface area contributed by atoms with Gasteiger partial charge in [-0.25, -0.2) is 9.78 Å². The van der Waals surface area contributed by atoms with Crippen LogP contribution in [0.15, 0.2) is 58.1 Å². The van der Waals surface area contributed by atoms with Crippen molar-refractivity contribution in [1.82, 2.24) is 9.55 Å². The van der Waals surface area contributed by atoms with Crippen LogP contribution in [0.25, 0.3) is 22.3 Å². The molecule has 0 aliphatic carbocycles. The van der Waals surface area contributed by atoms with Crippen molar-refractivity contribution in [2.75, 3.05) is 0 Å². The molecule has 0 aliphatic heterocycles. The summed E-state index contributed by atoms with van der Waals surface area (Å²) in [7, 11) is 0. The number of carbonyl (C=O) groups is 1. The zero-order valence-corrected chi connectivity index (χ0v) is 18.6. The van der Waals surface area contributed by atoms with Gasteiger partial charge in [0.2, 0.25) is 5.43 Å². The highest BCUT2D eigenvalue weighted by Gasteiger charge is 2.26. The summed E-state index contributed by atoms with van der Waals surface area (Å²) < 4.78 is 1.56. The predicted octanol–water partition coefficient (Wildman–Crippen LogP) is 4.26. The SMILES string of the molecule is CCCCc1nc(Cl)c(C(=O)O)n1Cc1ccc(-c2ccccc2)c(-c2c(O)c(=O)c2=O)c1. The van der Waals surface area contributed by atoms with Gasteiger partial charge in [0.25, 0.3) is 5.43 Å². The van der Waals surface area contributed by atoms with E-state index in [1.165, 1.54) is 0 Å². The van der Waals surface area contributed by atoms with Crippen LogP contribution in [-0.4, -0.2) is 25.7 Å². The molecule has 7 nitrogen and oxygen atoms in total. The van der Waals surface area contributed by atoms with Crippen molar-refractivity contribution in [2.24, 2.45) is 0 Å². The Bertz CT molecular complexity index is 1420. The predicted molar refractivity (Wildman–Crippen MR) is 126 cm³/mol. The first-order chi connectivity index (χ1) is 15.8. The van der Waals surface area contributed by atoms with E-state index in [1.807, 2.05) is 43.3 Å². The Morgan fingerprint density at radius 1 is 1.06 bits per heavy atom. The number of rotatable bonds is 8. The molecule has 3 aromatic carbocycles. The number of carboxylic acids is 1. The van der Waals surface area contributed by atoms with Gasteiger partial charge in [0.1, 0.15) is 5.82 Å². The largest absolute Gasteiger partial charge is 0.503 e. The van der Waals surface area contributed by atoms with E-state index >= 15 is 0 Å². The number of imidazole rings is 1. The van der Waals surface area contributed by atoms with E-state index in [1.54, 1.807) is 16.7 Å². The maximum atomic E-state index is 12.3. The van der Waals surface area contributed by atoms with E-state index in [0.29, 0.717) is 28.9 Å². The van der Waals surface area contributed by atoms with Crippen molar-refractivity contribution < 1.29 is 15.0 Å². The fourth-order valence-corrected chi connectivity index (χ4v) is 4.23. The molecular weight excluding hydrogens is 444 g/mol. The quantitative estimate of drug-likeness (QED) is 0.377. The van der Waals surface area contributed by atoms with Crippen molar-refractivity contribution >= 4 is 17.6 Å². The van der Waals surface area contributed by atoms with Crippen LogP contribution in [0.3, 0.4) is 0 Å². The van der Waals surface area contributed by atoms with E-state index in [-0.39, 0.29) is 23.0 Å². The number of aryl methyl sites for hydroxylation is 1. The highest BCUT2D eigenvalue weighted by molar-refractivity contribution is 6.32. The molecule has 4 rings (SSSR count). The molecule has 0 atom stereocenters. The number of aromatic hydroxyl groups is 1. The van der Waals surface area contributed by atoms with Crippen molar-refractivity contribution in [3.63, 3.8) is 0 Å². The van der Waals surface area contributed by atoms with E-state index in [2.05, 4.69) is 4.98 Å². The minimum atomic E-state index is -1.18. The van der Waals surface area contributed by atoms with E-state index in [0.717, 1.165) is 18.4 Å². The topological polar surface area (TPSA) is 109 Å². The molecule has 0 amide bonds. The first-order valence-electron chi connectivity index (χ1n) is 10.5. The van der Waals surface area contributed by atoms with Crippen molar-refractivity contribution in [3.8, 4) is 28.0 Å². The van der Waals surface area contributed by atoms with E-state index < -0.39 is 22.6 Å². The van der Waals surface area contributed by atoms with Crippen LogP contribution in [0.2, 0.25) is 5.15 Å². The van der Waals surface area contributed by atoms with Gasteiger partial charge < -0.3 is 14.8 Å². The second kappa shape index (κ2) is 9.03. The molecule has 0 radical (unpaired) electrons. The summed E-state index contributed by atoms with van der Waals surface area (Å²) in [5.41, 5.74) is 0.781. The number of carboxylic acid groups (broad SMARTS) is 1. The lowest BCUT2D eigenvalue weighted by Crippen LogP contribution is -2.32. The van der Waals surface area contributed by atoms with Crippen LogP contribution in [-0.2, 0) is 13.0 Å². The zero-order valence-electron chi connectivity index (χ0n) is 17.8. The number of hydrogen-bond donors (Lipinski definition) is 2. The molecule has 2 N–H and O–H groups in total. The summed E-state index contributed by atoms with van der Waals surface area (Å²) in [5, 5.41) is 19.7. The molecule has 4 aromatic rings. The maximum Gasteiger partial charge on any atom is 0.355 e. The lowest BCUT2D eigenvalue weighted by molar-refractivity contribution is 0.0685. The summed E-state index contributed by atoms with van der Waals surface area (Å²) in [6, 6.07) is 14.6. The highest BCUT2D eigenvalue weighted by atomic mass is 35.5. The van der Waals surface area contributed by atoms with Gasteiger partial charge in [-0.15, -0.1) is 0 Å². The molecule has 33 heavy (non-hydrogen) atoms. The molecule has 168 valence electrons. The Labute approximate surface area is 194 Å². The zero-order chi connectivity index (χ0) is 23.7. The van der Waals surface area contributed by atoms with Gasteiger partial charge >= 0.3 is 5.97 Å². The first-order valence-corrected chi connectivity index (χ1v) is 10.9. The van der Waals surface area contributed by atoms with Crippen LogP contribution in [0.5, 0.6) is 5.75 Å². The number of aromatic carboxylic acids is 1. The Morgan fingerprint density at radius 3 is 2.42 bits per heavy atom. The fraction of sp³-hybridized carbons (Fsp3) is 0.200. The summed E-state index contributed by atoms with van der Waals surface area (Å²) in [4.78, 5) is 40.0. The lowest BCUT2D eigenvalue weighted by Gasteiger charge is -2.16. The lowest BCUT2D eigenvalue weighted by atomic mass is 9.90. The monoisotopic (exact) mass is 464 g/mol. The minimum Gasteiger partial charge on any atom is -0.503 e. The second-order valence-electron chi connectivity index (χ2n) is 7.79. The Balaban J connectivity index is 1.85. The minimum absolute atomic E-state index is 0.0333. The molecule has 8 heteroatoms. The van der Waals surface area contributed by atoms with Crippen molar-refractivity contribution in [2.45, 2.75) is 32.7 Å². The number of benzene rings is 2. The van der Waals surface area contributed by atoms with Gasteiger partial charge in [0, 0.05) is 13.0 Å². The standard InChI is InChI=1S/C25H21ClN2O5/c1-2-3-9-18-27-24(26)20(25(32)33)28(18)13-14-10-11-16(15-7-5-4-6-8-15)17(12-14)19-21(29)23(31)22(19)30/h4-8,10-12,29H,2-3,9,13H2,1H3,(H,32,33). The Morgan fingerprint density at radius 2 is 1.79 bits per heavy atom. The van der Waals surface area contributed by atoms with Gasteiger partial charge in [0.05, 0.1) is 5.56 Å². The van der Waals surface area contributed by atoms with Crippen LogP contribution < -0.4 is 10.9 Å². The van der Waals surface area contributed by atoms with Crippen LogP contribution >= 0.6 is 11.6 Å². The summed E-state index contributed by atoms with van der Waals surface area (Å²) in [6.07, 6.45) is 2.30. The molecule has 0 saturated carbocycles. The molecule has 0 bridgehead atoms. The average Bonchev–Trinajstić information content (AvgIpc) is 3.13. The van der Waals surface area contributed by atoms with Gasteiger partial charge in [-0.1, -0.05) is 67.4 Å². The summed E-state index contributed by atoms with van der Waals surface area (Å²) in [6.45, 7) is 2.18. The maximum absolute atomic E-state index is 12.3. The molecule has 0 aliphatic rings. The molecule has 1 aromatic heterocycles.